The lowest BCUT2D eigenvalue weighted by molar-refractivity contribution is 0.380. The van der Waals surface area contributed by atoms with Crippen LogP contribution in [0.15, 0.2) is 84.0 Å². The summed E-state index contributed by atoms with van der Waals surface area (Å²) in [7, 11) is 2.97. The average molecular weight is 550 g/mol. The molecule has 0 saturated heterocycles. The Morgan fingerprint density at radius 3 is 2.44 bits per heavy atom. The van der Waals surface area contributed by atoms with Gasteiger partial charge >= 0.3 is 12.0 Å². The van der Waals surface area contributed by atoms with Crippen LogP contribution in [0.3, 0.4) is 0 Å². The molecule has 0 saturated carbocycles. The fourth-order valence-corrected chi connectivity index (χ4v) is 4.80. The number of halogens is 1. The van der Waals surface area contributed by atoms with E-state index in [4.69, 9.17) is 9.47 Å². The molecule has 1 N–H and O–H groups in total. The fourth-order valence-electron chi connectivity index (χ4n) is 4.80. The summed E-state index contributed by atoms with van der Waals surface area (Å²) in [4.78, 5) is 36.0. The van der Waals surface area contributed by atoms with Crippen molar-refractivity contribution in [2.45, 2.75) is 13.0 Å². The second-order valence-corrected chi connectivity index (χ2v) is 9.21. The maximum atomic E-state index is 14.5. The lowest BCUT2D eigenvalue weighted by atomic mass is 9.99. The molecule has 0 aliphatic heterocycles. The Labute approximate surface area is 233 Å². The van der Waals surface area contributed by atoms with Gasteiger partial charge in [0.25, 0.3) is 5.56 Å². The predicted molar refractivity (Wildman–Crippen MR) is 153 cm³/mol. The van der Waals surface area contributed by atoms with Crippen LogP contribution in [0.1, 0.15) is 18.7 Å². The smallest absolute Gasteiger partial charge is 0.318 e. The van der Waals surface area contributed by atoms with E-state index in [1.165, 1.54) is 30.9 Å². The normalized spacial score (nSPS) is 11.9. The number of pyridine rings is 2. The summed E-state index contributed by atoms with van der Waals surface area (Å²) >= 11 is 0. The van der Waals surface area contributed by atoms with Crippen LogP contribution >= 0.6 is 0 Å². The number of hydrogen-bond acceptors (Lipinski definition) is 9. The number of aromatic nitrogens is 6. The molecule has 6 aromatic rings. The molecule has 0 amide bonds. The lowest BCUT2D eigenvalue weighted by Gasteiger charge is -2.22. The minimum absolute atomic E-state index is 0.174. The van der Waals surface area contributed by atoms with E-state index >= 15 is 0 Å². The van der Waals surface area contributed by atoms with Crippen molar-refractivity contribution in [1.82, 2.24) is 29.5 Å². The first kappa shape index (κ1) is 25.8. The van der Waals surface area contributed by atoms with Crippen LogP contribution in [-0.2, 0) is 0 Å². The molecule has 0 radical (unpaired) electrons. The van der Waals surface area contributed by atoms with E-state index in [9.17, 15) is 9.18 Å². The Balaban J connectivity index is 1.56. The molecule has 0 unspecified atom stereocenters. The second-order valence-electron chi connectivity index (χ2n) is 9.21. The van der Waals surface area contributed by atoms with E-state index in [2.05, 4.69) is 30.2 Å². The van der Waals surface area contributed by atoms with Gasteiger partial charge in [0.15, 0.2) is 5.82 Å². The highest BCUT2D eigenvalue weighted by Crippen LogP contribution is 2.31. The number of rotatable bonds is 7. The Kier molecular flexibility index (Phi) is 6.68. The SMILES string of the molecule is COc1ncc(-c2cccc3cc([C@H](C)Nc4nc(OC)nc5cccnc45)n(-c4cccc(F)c4)c(=O)c23)cn1. The molecule has 4 heterocycles. The van der Waals surface area contributed by atoms with Crippen molar-refractivity contribution >= 4 is 27.6 Å². The molecule has 0 aliphatic carbocycles. The van der Waals surface area contributed by atoms with E-state index in [1.54, 1.807) is 36.8 Å². The molecule has 0 aliphatic rings. The van der Waals surface area contributed by atoms with Crippen LogP contribution in [0.4, 0.5) is 10.2 Å². The van der Waals surface area contributed by atoms with Crippen molar-refractivity contribution in [2.75, 3.05) is 19.5 Å². The van der Waals surface area contributed by atoms with E-state index in [-0.39, 0.29) is 17.6 Å². The molecule has 0 bridgehead atoms. The zero-order chi connectivity index (χ0) is 28.5. The van der Waals surface area contributed by atoms with Gasteiger partial charge in [0, 0.05) is 29.8 Å². The van der Waals surface area contributed by atoms with Gasteiger partial charge in [-0.15, -0.1) is 0 Å². The molecule has 4 aromatic heterocycles. The third kappa shape index (κ3) is 4.78. The van der Waals surface area contributed by atoms with Gasteiger partial charge < -0.3 is 14.8 Å². The summed E-state index contributed by atoms with van der Waals surface area (Å²) in [6.45, 7) is 1.89. The highest BCUT2D eigenvalue weighted by Gasteiger charge is 2.21. The molecule has 2 aromatic carbocycles. The molecule has 6 rings (SSSR count). The zero-order valence-electron chi connectivity index (χ0n) is 22.4. The number of benzene rings is 2. The van der Waals surface area contributed by atoms with E-state index < -0.39 is 11.9 Å². The van der Waals surface area contributed by atoms with E-state index in [0.29, 0.717) is 50.1 Å². The Morgan fingerprint density at radius 1 is 0.902 bits per heavy atom. The average Bonchev–Trinajstić information content (AvgIpc) is 3.00. The van der Waals surface area contributed by atoms with E-state index in [1.807, 2.05) is 37.3 Å². The summed E-state index contributed by atoms with van der Waals surface area (Å²) in [5.74, 6) is -0.0314. The molecular weight excluding hydrogens is 525 g/mol. The van der Waals surface area contributed by atoms with Crippen LogP contribution in [0.5, 0.6) is 12.0 Å². The molecule has 204 valence electrons. The maximum absolute atomic E-state index is 14.5. The largest absolute Gasteiger partial charge is 0.467 e. The monoisotopic (exact) mass is 549 g/mol. The van der Waals surface area contributed by atoms with Crippen molar-refractivity contribution in [3.05, 3.63) is 101 Å². The van der Waals surface area contributed by atoms with Gasteiger partial charge in [-0.2, -0.15) is 9.97 Å². The Morgan fingerprint density at radius 2 is 1.68 bits per heavy atom. The molecular formula is C30H24FN7O3. The van der Waals surface area contributed by atoms with Crippen LogP contribution in [0.2, 0.25) is 0 Å². The van der Waals surface area contributed by atoms with Crippen molar-refractivity contribution in [3.63, 3.8) is 0 Å². The quantitative estimate of drug-likeness (QED) is 0.290. The number of hydrogen-bond donors (Lipinski definition) is 1. The first-order valence-electron chi connectivity index (χ1n) is 12.7. The van der Waals surface area contributed by atoms with Gasteiger partial charge in [-0.05, 0) is 54.3 Å². The molecule has 1 atom stereocenters. The molecule has 0 fully saturated rings. The maximum Gasteiger partial charge on any atom is 0.318 e. The number of methoxy groups -OCH3 is 2. The van der Waals surface area contributed by atoms with E-state index in [0.717, 1.165) is 0 Å². The first-order chi connectivity index (χ1) is 20.0. The lowest BCUT2D eigenvalue weighted by Crippen LogP contribution is -2.26. The number of nitrogens with zero attached hydrogens (tertiary/aromatic N) is 6. The fraction of sp³-hybridized carbons (Fsp3) is 0.133. The third-order valence-corrected chi connectivity index (χ3v) is 6.68. The van der Waals surface area contributed by atoms with Crippen molar-refractivity contribution in [3.8, 4) is 28.8 Å². The van der Waals surface area contributed by atoms with Gasteiger partial charge in [0.05, 0.1) is 36.9 Å². The predicted octanol–water partition coefficient (Wildman–Crippen LogP) is 5.12. The number of fused-ring (bicyclic) bond motifs is 2. The van der Waals surface area contributed by atoms with Crippen LogP contribution in [-0.4, -0.2) is 43.7 Å². The van der Waals surface area contributed by atoms with Crippen molar-refractivity contribution in [1.29, 1.82) is 0 Å². The summed E-state index contributed by atoms with van der Waals surface area (Å²) in [6.07, 6.45) is 4.85. The number of nitrogens with one attached hydrogen (secondary N) is 1. The summed E-state index contributed by atoms with van der Waals surface area (Å²) < 4.78 is 26.3. The molecule has 0 spiro atoms. The van der Waals surface area contributed by atoms with Gasteiger partial charge in [-0.25, -0.2) is 14.4 Å². The Hall–Kier alpha value is -5.45. The summed E-state index contributed by atoms with van der Waals surface area (Å²) in [6, 6.07) is 16.9. The van der Waals surface area contributed by atoms with Gasteiger partial charge in [0.2, 0.25) is 0 Å². The minimum atomic E-state index is -0.479. The van der Waals surface area contributed by atoms with Crippen molar-refractivity contribution in [2.24, 2.45) is 0 Å². The number of anilines is 1. The first-order valence-corrected chi connectivity index (χ1v) is 12.7. The Bertz CT molecular complexity index is 1960. The standard InChI is InChI=1S/C30H24FN7O3/c1-17(35-27-26-23(11-6-12-32-26)36-30(37-27)41-3)24-13-18-7-4-10-22(19-15-33-29(40-2)34-16-19)25(18)28(39)38(24)21-9-5-8-20(31)14-21/h4-17H,1-3H3,(H,35,36,37)/t17-/m0/s1. The third-order valence-electron chi connectivity index (χ3n) is 6.68. The highest BCUT2D eigenvalue weighted by molar-refractivity contribution is 5.96. The van der Waals surface area contributed by atoms with Gasteiger partial charge in [0.1, 0.15) is 11.3 Å². The van der Waals surface area contributed by atoms with Crippen LogP contribution < -0.4 is 20.3 Å². The topological polar surface area (TPSA) is 117 Å². The second kappa shape index (κ2) is 10.6. The molecule has 11 heteroatoms. The molecule has 10 nitrogen and oxygen atoms in total. The molecule has 41 heavy (non-hydrogen) atoms. The van der Waals surface area contributed by atoms with Gasteiger partial charge in [-0.1, -0.05) is 24.3 Å². The number of ether oxygens (including phenoxy) is 2. The summed E-state index contributed by atoms with van der Waals surface area (Å²) in [5.41, 5.74) is 3.06. The van der Waals surface area contributed by atoms with Crippen molar-refractivity contribution < 1.29 is 13.9 Å². The summed E-state index contributed by atoms with van der Waals surface area (Å²) in [5, 5.41) is 4.51. The van der Waals surface area contributed by atoms with Crippen LogP contribution in [0, 0.1) is 5.82 Å². The highest BCUT2D eigenvalue weighted by atomic mass is 19.1. The minimum Gasteiger partial charge on any atom is -0.467 e. The zero-order valence-corrected chi connectivity index (χ0v) is 22.4. The van der Waals surface area contributed by atoms with Gasteiger partial charge in [-0.3, -0.25) is 14.3 Å². The van der Waals surface area contributed by atoms with Crippen LogP contribution in [0.25, 0.3) is 38.6 Å².